The number of piperidine rings is 1. The van der Waals surface area contributed by atoms with E-state index >= 15 is 0 Å². The number of hydrogen-bond donors (Lipinski definition) is 0. The quantitative estimate of drug-likeness (QED) is 0.739. The molecule has 1 aliphatic rings. The highest BCUT2D eigenvalue weighted by Crippen LogP contribution is 2.28. The van der Waals surface area contributed by atoms with E-state index in [1.54, 1.807) is 0 Å². The molecule has 0 unspecified atom stereocenters. The van der Waals surface area contributed by atoms with Crippen molar-refractivity contribution in [1.29, 1.82) is 0 Å². The Hall–Kier alpha value is -2.21. The van der Waals surface area contributed by atoms with E-state index in [1.807, 2.05) is 13.3 Å². The molecule has 1 atom stereocenters. The number of aromatic nitrogens is 5. The highest BCUT2D eigenvalue weighted by molar-refractivity contribution is 5.75. The summed E-state index contributed by atoms with van der Waals surface area (Å²) in [5.74, 6) is 2.72. The summed E-state index contributed by atoms with van der Waals surface area (Å²) in [6.07, 6.45) is 4.27. The summed E-state index contributed by atoms with van der Waals surface area (Å²) in [7, 11) is 2.14. The molecule has 1 aliphatic heterocycles. The second-order valence-electron chi connectivity index (χ2n) is 6.73. The molecule has 0 spiro atoms. The molecular formula is C18H24N6. The van der Waals surface area contributed by atoms with Crippen LogP contribution in [0.3, 0.4) is 0 Å². The smallest absolute Gasteiger partial charge is 0.129 e. The molecule has 6 heteroatoms. The van der Waals surface area contributed by atoms with Gasteiger partial charge in [-0.2, -0.15) is 0 Å². The molecule has 1 fully saturated rings. The lowest BCUT2D eigenvalue weighted by Gasteiger charge is -2.32. The Morgan fingerprint density at radius 2 is 2.08 bits per heavy atom. The first-order valence-corrected chi connectivity index (χ1v) is 8.70. The molecule has 1 aromatic carbocycles. The molecular weight excluding hydrogens is 300 g/mol. The standard InChI is InChI=1S/C18H24N6/c1-14-21-19-13-24(14)11-10-23-9-5-6-15(12-23)18-20-16-7-3-4-8-17(16)22(18)2/h3-4,7-8,13,15H,5-6,9-12H2,1-2H3/t15-/m0/s1. The van der Waals surface area contributed by atoms with Gasteiger partial charge in [0, 0.05) is 32.6 Å². The molecule has 1 saturated heterocycles. The molecule has 3 aromatic rings. The van der Waals surface area contributed by atoms with Gasteiger partial charge in [-0.05, 0) is 38.4 Å². The number of rotatable bonds is 4. The van der Waals surface area contributed by atoms with Crippen molar-refractivity contribution in [1.82, 2.24) is 29.2 Å². The van der Waals surface area contributed by atoms with Crippen molar-refractivity contribution >= 4 is 11.0 Å². The first kappa shape index (κ1) is 15.3. The fourth-order valence-electron chi connectivity index (χ4n) is 3.78. The van der Waals surface area contributed by atoms with Crippen LogP contribution in [0.25, 0.3) is 11.0 Å². The van der Waals surface area contributed by atoms with Gasteiger partial charge in [0.1, 0.15) is 18.0 Å². The van der Waals surface area contributed by atoms with Crippen LogP contribution in [0.2, 0.25) is 0 Å². The number of nitrogens with zero attached hydrogens (tertiary/aromatic N) is 6. The maximum atomic E-state index is 4.91. The third-order valence-corrected chi connectivity index (χ3v) is 5.16. The minimum absolute atomic E-state index is 0.512. The van der Waals surface area contributed by atoms with E-state index in [1.165, 1.54) is 30.7 Å². The highest BCUT2D eigenvalue weighted by Gasteiger charge is 2.25. The van der Waals surface area contributed by atoms with Crippen molar-refractivity contribution in [2.24, 2.45) is 7.05 Å². The van der Waals surface area contributed by atoms with Gasteiger partial charge >= 0.3 is 0 Å². The van der Waals surface area contributed by atoms with Crippen molar-refractivity contribution in [3.63, 3.8) is 0 Å². The highest BCUT2D eigenvalue weighted by atomic mass is 15.3. The fraction of sp³-hybridized carbons (Fsp3) is 0.500. The van der Waals surface area contributed by atoms with Crippen molar-refractivity contribution < 1.29 is 0 Å². The summed E-state index contributed by atoms with van der Waals surface area (Å²) in [6, 6.07) is 8.41. The minimum atomic E-state index is 0.512. The van der Waals surface area contributed by atoms with Crippen LogP contribution in [0.15, 0.2) is 30.6 Å². The zero-order valence-corrected chi connectivity index (χ0v) is 14.4. The molecule has 6 nitrogen and oxygen atoms in total. The number of para-hydroxylation sites is 2. The predicted octanol–water partition coefficient (Wildman–Crippen LogP) is 2.35. The van der Waals surface area contributed by atoms with Crippen LogP contribution in [0.4, 0.5) is 0 Å². The van der Waals surface area contributed by atoms with Crippen LogP contribution < -0.4 is 0 Å². The Labute approximate surface area is 142 Å². The topological polar surface area (TPSA) is 51.8 Å². The summed E-state index contributed by atoms with van der Waals surface area (Å²) in [4.78, 5) is 7.45. The number of fused-ring (bicyclic) bond motifs is 1. The van der Waals surface area contributed by atoms with E-state index in [-0.39, 0.29) is 0 Å². The zero-order chi connectivity index (χ0) is 16.5. The number of hydrogen-bond acceptors (Lipinski definition) is 4. The Bertz CT molecular complexity index is 833. The molecule has 0 amide bonds. The number of likely N-dealkylation sites (tertiary alicyclic amines) is 1. The number of aryl methyl sites for hydroxylation is 2. The van der Waals surface area contributed by atoms with Crippen LogP contribution in [-0.4, -0.2) is 48.8 Å². The largest absolute Gasteiger partial charge is 0.331 e. The van der Waals surface area contributed by atoms with Crippen LogP contribution >= 0.6 is 0 Å². The maximum Gasteiger partial charge on any atom is 0.129 e. The molecule has 4 rings (SSSR count). The Morgan fingerprint density at radius 3 is 2.88 bits per heavy atom. The lowest BCUT2D eigenvalue weighted by Crippen LogP contribution is -2.37. The normalized spacial score (nSPS) is 19.2. The monoisotopic (exact) mass is 324 g/mol. The van der Waals surface area contributed by atoms with Crippen molar-refractivity contribution in [2.45, 2.75) is 32.2 Å². The summed E-state index contributed by atoms with van der Waals surface area (Å²) in [5.41, 5.74) is 2.33. The van der Waals surface area contributed by atoms with Crippen molar-refractivity contribution in [3.05, 3.63) is 42.2 Å². The van der Waals surface area contributed by atoms with E-state index in [4.69, 9.17) is 4.98 Å². The third-order valence-electron chi connectivity index (χ3n) is 5.16. The number of imidazole rings is 1. The molecule has 3 heterocycles. The Kier molecular flexibility index (Phi) is 4.06. The molecule has 126 valence electrons. The van der Waals surface area contributed by atoms with Crippen LogP contribution in [-0.2, 0) is 13.6 Å². The van der Waals surface area contributed by atoms with Gasteiger partial charge in [-0.15, -0.1) is 10.2 Å². The molecule has 24 heavy (non-hydrogen) atoms. The molecule has 0 N–H and O–H groups in total. The predicted molar refractivity (Wildman–Crippen MR) is 93.9 cm³/mol. The first-order chi connectivity index (χ1) is 11.7. The summed E-state index contributed by atoms with van der Waals surface area (Å²) >= 11 is 0. The van der Waals surface area contributed by atoms with Gasteiger partial charge in [-0.1, -0.05) is 12.1 Å². The summed E-state index contributed by atoms with van der Waals surface area (Å²) in [5, 5.41) is 8.02. The second-order valence-corrected chi connectivity index (χ2v) is 6.73. The van der Waals surface area contributed by atoms with Gasteiger partial charge in [-0.3, -0.25) is 0 Å². The lowest BCUT2D eigenvalue weighted by atomic mass is 9.97. The van der Waals surface area contributed by atoms with Gasteiger partial charge < -0.3 is 14.0 Å². The molecule has 0 bridgehead atoms. The maximum absolute atomic E-state index is 4.91. The van der Waals surface area contributed by atoms with E-state index in [0.717, 1.165) is 31.0 Å². The van der Waals surface area contributed by atoms with Crippen LogP contribution in [0, 0.1) is 6.92 Å². The van der Waals surface area contributed by atoms with Crippen molar-refractivity contribution in [2.75, 3.05) is 19.6 Å². The lowest BCUT2D eigenvalue weighted by molar-refractivity contribution is 0.196. The first-order valence-electron chi connectivity index (χ1n) is 8.70. The Morgan fingerprint density at radius 1 is 1.21 bits per heavy atom. The van der Waals surface area contributed by atoms with E-state index < -0.39 is 0 Å². The van der Waals surface area contributed by atoms with Gasteiger partial charge in [0.15, 0.2) is 0 Å². The van der Waals surface area contributed by atoms with Gasteiger partial charge in [0.2, 0.25) is 0 Å². The SMILES string of the molecule is Cc1nncn1CCN1CCC[C@H](c2nc3ccccc3n2C)C1. The van der Waals surface area contributed by atoms with E-state index in [0.29, 0.717) is 5.92 Å². The van der Waals surface area contributed by atoms with Gasteiger partial charge in [0.25, 0.3) is 0 Å². The van der Waals surface area contributed by atoms with Gasteiger partial charge in [-0.25, -0.2) is 4.98 Å². The minimum Gasteiger partial charge on any atom is -0.331 e. The number of benzene rings is 1. The summed E-state index contributed by atoms with van der Waals surface area (Å²) in [6.45, 7) is 6.25. The average molecular weight is 324 g/mol. The third kappa shape index (κ3) is 2.82. The van der Waals surface area contributed by atoms with E-state index in [9.17, 15) is 0 Å². The molecule has 0 saturated carbocycles. The van der Waals surface area contributed by atoms with E-state index in [2.05, 4.69) is 55.5 Å². The van der Waals surface area contributed by atoms with Crippen LogP contribution in [0.1, 0.15) is 30.4 Å². The molecule has 2 aromatic heterocycles. The average Bonchev–Trinajstić information content (AvgIpc) is 3.17. The Balaban J connectivity index is 1.48. The second kappa shape index (κ2) is 6.36. The van der Waals surface area contributed by atoms with Crippen molar-refractivity contribution in [3.8, 4) is 0 Å². The van der Waals surface area contributed by atoms with Gasteiger partial charge in [0.05, 0.1) is 11.0 Å². The fourth-order valence-corrected chi connectivity index (χ4v) is 3.78. The molecule has 0 aliphatic carbocycles. The summed E-state index contributed by atoms with van der Waals surface area (Å²) < 4.78 is 4.39. The zero-order valence-electron chi connectivity index (χ0n) is 14.4. The van der Waals surface area contributed by atoms with Crippen LogP contribution in [0.5, 0.6) is 0 Å². The molecule has 0 radical (unpaired) electrons.